The maximum absolute atomic E-state index is 5.30. The minimum absolute atomic E-state index is 0.780. The van der Waals surface area contributed by atoms with Crippen molar-refractivity contribution in [3.8, 4) is 0 Å². The second-order valence-corrected chi connectivity index (χ2v) is 4.23. The van der Waals surface area contributed by atoms with E-state index in [9.17, 15) is 0 Å². The average Bonchev–Trinajstić information content (AvgIpc) is 2.82. The molecular weight excluding hydrogens is 216 g/mol. The molecule has 4 heteroatoms. The molecule has 0 aliphatic carbocycles. The number of nitrogens with one attached hydrogen (secondary N) is 1. The van der Waals surface area contributed by atoms with E-state index in [2.05, 4.69) is 17.3 Å². The summed E-state index contributed by atoms with van der Waals surface area (Å²) in [5.41, 5.74) is 0. The van der Waals surface area contributed by atoms with E-state index in [0.717, 1.165) is 51.4 Å². The van der Waals surface area contributed by atoms with E-state index in [1.54, 1.807) is 13.4 Å². The highest BCUT2D eigenvalue weighted by atomic mass is 16.5. The Hall–Kier alpha value is -0.840. The van der Waals surface area contributed by atoms with Gasteiger partial charge in [0.1, 0.15) is 5.76 Å². The molecule has 0 unspecified atom stereocenters. The molecule has 0 aliphatic heterocycles. The zero-order chi connectivity index (χ0) is 12.3. The first-order valence-corrected chi connectivity index (χ1v) is 6.23. The number of aryl methyl sites for hydroxylation is 1. The molecular formula is C13H24N2O2. The van der Waals surface area contributed by atoms with Crippen LogP contribution in [0.1, 0.15) is 12.2 Å². The maximum atomic E-state index is 5.30. The summed E-state index contributed by atoms with van der Waals surface area (Å²) >= 11 is 0. The molecule has 0 atom stereocenters. The molecule has 0 bridgehead atoms. The summed E-state index contributed by atoms with van der Waals surface area (Å²) in [6, 6.07) is 3.98. The van der Waals surface area contributed by atoms with Gasteiger partial charge in [-0.15, -0.1) is 0 Å². The van der Waals surface area contributed by atoms with Crippen LogP contribution in [-0.4, -0.2) is 51.8 Å². The van der Waals surface area contributed by atoms with Crippen LogP contribution in [0.15, 0.2) is 22.8 Å². The van der Waals surface area contributed by atoms with Crippen molar-refractivity contribution in [2.45, 2.75) is 12.8 Å². The Labute approximate surface area is 104 Å². The van der Waals surface area contributed by atoms with Crippen LogP contribution in [0.2, 0.25) is 0 Å². The molecule has 0 spiro atoms. The molecule has 1 aromatic rings. The van der Waals surface area contributed by atoms with Crippen molar-refractivity contribution in [1.29, 1.82) is 0 Å². The smallest absolute Gasteiger partial charge is 0.103 e. The lowest BCUT2D eigenvalue weighted by molar-refractivity contribution is 0.197. The van der Waals surface area contributed by atoms with Crippen LogP contribution in [0.3, 0.4) is 0 Å². The van der Waals surface area contributed by atoms with Gasteiger partial charge in [0.05, 0.1) is 12.9 Å². The molecule has 1 N–H and O–H groups in total. The molecule has 98 valence electrons. The second kappa shape index (κ2) is 9.22. The van der Waals surface area contributed by atoms with Gasteiger partial charge in [-0.25, -0.2) is 0 Å². The Balaban J connectivity index is 1.92. The van der Waals surface area contributed by atoms with Gasteiger partial charge in [-0.05, 0) is 32.1 Å². The lowest BCUT2D eigenvalue weighted by Crippen LogP contribution is -2.31. The van der Waals surface area contributed by atoms with Crippen LogP contribution in [0.4, 0.5) is 0 Å². The zero-order valence-corrected chi connectivity index (χ0v) is 10.9. The lowest BCUT2D eigenvalue weighted by Gasteiger charge is -2.16. The van der Waals surface area contributed by atoms with Gasteiger partial charge in [0.15, 0.2) is 0 Å². The first-order valence-electron chi connectivity index (χ1n) is 6.23. The van der Waals surface area contributed by atoms with Crippen molar-refractivity contribution in [2.75, 3.05) is 46.9 Å². The number of likely N-dealkylation sites (N-methyl/N-ethyl adjacent to an activating group) is 1. The number of hydrogen-bond acceptors (Lipinski definition) is 4. The van der Waals surface area contributed by atoms with E-state index in [1.165, 1.54) is 0 Å². The first-order chi connectivity index (χ1) is 8.33. The zero-order valence-electron chi connectivity index (χ0n) is 10.9. The highest BCUT2D eigenvalue weighted by Crippen LogP contribution is 2.03. The van der Waals surface area contributed by atoms with E-state index in [0.29, 0.717) is 0 Å². The molecule has 1 aromatic heterocycles. The normalized spacial score (nSPS) is 11.2. The van der Waals surface area contributed by atoms with Gasteiger partial charge in [0.2, 0.25) is 0 Å². The Kier molecular flexibility index (Phi) is 7.71. The second-order valence-electron chi connectivity index (χ2n) is 4.23. The molecule has 0 saturated heterocycles. The summed E-state index contributed by atoms with van der Waals surface area (Å²) in [5, 5.41) is 3.34. The minimum Gasteiger partial charge on any atom is -0.469 e. The third kappa shape index (κ3) is 7.15. The Morgan fingerprint density at radius 2 is 2.24 bits per heavy atom. The van der Waals surface area contributed by atoms with Gasteiger partial charge in [0.25, 0.3) is 0 Å². The summed E-state index contributed by atoms with van der Waals surface area (Å²) < 4.78 is 10.3. The fraction of sp³-hybridized carbons (Fsp3) is 0.692. The Morgan fingerprint density at radius 1 is 1.35 bits per heavy atom. The topological polar surface area (TPSA) is 37.6 Å². The van der Waals surface area contributed by atoms with Crippen LogP contribution < -0.4 is 5.32 Å². The third-order valence-electron chi connectivity index (χ3n) is 2.70. The van der Waals surface area contributed by atoms with Crippen molar-refractivity contribution in [3.63, 3.8) is 0 Å². The highest BCUT2D eigenvalue weighted by Gasteiger charge is 2.00. The van der Waals surface area contributed by atoms with Crippen LogP contribution in [0, 0.1) is 0 Å². The van der Waals surface area contributed by atoms with E-state index in [4.69, 9.17) is 9.15 Å². The summed E-state index contributed by atoms with van der Waals surface area (Å²) in [6.07, 6.45) is 3.90. The van der Waals surface area contributed by atoms with Crippen molar-refractivity contribution in [1.82, 2.24) is 10.2 Å². The van der Waals surface area contributed by atoms with Crippen molar-refractivity contribution >= 4 is 0 Å². The van der Waals surface area contributed by atoms with Gasteiger partial charge >= 0.3 is 0 Å². The van der Waals surface area contributed by atoms with E-state index < -0.39 is 0 Å². The molecule has 1 heterocycles. The number of rotatable bonds is 10. The monoisotopic (exact) mass is 240 g/mol. The van der Waals surface area contributed by atoms with E-state index in [-0.39, 0.29) is 0 Å². The van der Waals surface area contributed by atoms with Gasteiger partial charge in [-0.2, -0.15) is 0 Å². The summed E-state index contributed by atoms with van der Waals surface area (Å²) in [7, 11) is 3.88. The molecule has 4 nitrogen and oxygen atoms in total. The first kappa shape index (κ1) is 14.2. The van der Waals surface area contributed by atoms with Crippen LogP contribution in [-0.2, 0) is 11.2 Å². The standard InChI is InChI=1S/C13H24N2O2/c1-15(10-7-14-8-12-16-2)9-3-5-13-6-4-11-17-13/h4,6,11,14H,3,5,7-10,12H2,1-2H3. The van der Waals surface area contributed by atoms with Gasteiger partial charge in [0, 0.05) is 33.2 Å². The maximum Gasteiger partial charge on any atom is 0.103 e. The van der Waals surface area contributed by atoms with E-state index >= 15 is 0 Å². The number of methoxy groups -OCH3 is 1. The fourth-order valence-corrected chi connectivity index (χ4v) is 1.66. The Morgan fingerprint density at radius 3 is 2.94 bits per heavy atom. The van der Waals surface area contributed by atoms with Crippen LogP contribution in [0.25, 0.3) is 0 Å². The minimum atomic E-state index is 0.780. The molecule has 0 saturated carbocycles. The van der Waals surface area contributed by atoms with Crippen molar-refractivity contribution in [2.24, 2.45) is 0 Å². The van der Waals surface area contributed by atoms with Crippen LogP contribution >= 0.6 is 0 Å². The molecule has 17 heavy (non-hydrogen) atoms. The third-order valence-corrected chi connectivity index (χ3v) is 2.70. The Bertz CT molecular complexity index is 262. The molecule has 0 radical (unpaired) electrons. The fourth-order valence-electron chi connectivity index (χ4n) is 1.66. The lowest BCUT2D eigenvalue weighted by atomic mass is 10.2. The number of ether oxygens (including phenoxy) is 1. The average molecular weight is 240 g/mol. The molecule has 0 aliphatic rings. The number of furan rings is 1. The molecule has 0 amide bonds. The van der Waals surface area contributed by atoms with Crippen molar-refractivity contribution in [3.05, 3.63) is 24.2 Å². The van der Waals surface area contributed by atoms with Gasteiger partial charge < -0.3 is 19.4 Å². The molecule has 0 fully saturated rings. The van der Waals surface area contributed by atoms with Gasteiger partial charge in [-0.1, -0.05) is 0 Å². The summed E-state index contributed by atoms with van der Waals surface area (Å²) in [4.78, 5) is 2.34. The quantitative estimate of drug-likeness (QED) is 0.627. The summed E-state index contributed by atoms with van der Waals surface area (Å²) in [5.74, 6) is 1.08. The van der Waals surface area contributed by atoms with Crippen LogP contribution in [0.5, 0.6) is 0 Å². The largest absolute Gasteiger partial charge is 0.469 e. The van der Waals surface area contributed by atoms with E-state index in [1.807, 2.05) is 12.1 Å². The molecule has 1 rings (SSSR count). The van der Waals surface area contributed by atoms with Gasteiger partial charge in [-0.3, -0.25) is 0 Å². The SMILES string of the molecule is COCCNCCN(C)CCCc1ccco1. The van der Waals surface area contributed by atoms with Crippen molar-refractivity contribution < 1.29 is 9.15 Å². The number of hydrogen-bond donors (Lipinski definition) is 1. The predicted molar refractivity (Wildman–Crippen MR) is 69.3 cm³/mol. The molecule has 0 aromatic carbocycles. The summed E-state index contributed by atoms with van der Waals surface area (Å²) in [6.45, 7) is 4.90. The highest BCUT2D eigenvalue weighted by molar-refractivity contribution is 4.97. The predicted octanol–water partition coefficient (Wildman–Crippen LogP) is 1.38. The number of nitrogens with zero attached hydrogens (tertiary/aromatic N) is 1.